The third kappa shape index (κ3) is 5.37. The zero-order valence-electron chi connectivity index (χ0n) is 17.9. The van der Waals surface area contributed by atoms with Crippen molar-refractivity contribution in [3.05, 3.63) is 77.4 Å². The van der Waals surface area contributed by atoms with Gasteiger partial charge in [-0.2, -0.15) is 0 Å². The zero-order chi connectivity index (χ0) is 23.4. The van der Waals surface area contributed by atoms with Crippen molar-refractivity contribution in [2.45, 2.75) is 4.90 Å². The molecule has 0 bridgehead atoms. The number of hydrogen-bond donors (Lipinski definition) is 1. The maximum absolute atomic E-state index is 12.9. The van der Waals surface area contributed by atoms with Crippen molar-refractivity contribution in [3.63, 3.8) is 0 Å². The summed E-state index contributed by atoms with van der Waals surface area (Å²) < 4.78 is 33.0. The lowest BCUT2D eigenvalue weighted by atomic mass is 10.2. The number of amides is 1. The molecular weight excluding hydrogens is 464 g/mol. The number of carbonyl (C=O) groups is 1. The Kier molecular flexibility index (Phi) is 6.71. The number of carbonyl (C=O) groups excluding carboxylic acids is 1. The Bertz CT molecular complexity index is 1230. The maximum atomic E-state index is 12.9. The van der Waals surface area contributed by atoms with Crippen LogP contribution >= 0.6 is 11.6 Å². The fourth-order valence-electron chi connectivity index (χ4n) is 3.54. The van der Waals surface area contributed by atoms with E-state index >= 15 is 0 Å². The Morgan fingerprint density at radius 2 is 1.64 bits per heavy atom. The summed E-state index contributed by atoms with van der Waals surface area (Å²) in [4.78, 5) is 21.1. The third-order valence-corrected chi connectivity index (χ3v) is 6.95. The Morgan fingerprint density at radius 3 is 2.24 bits per heavy atom. The lowest BCUT2D eigenvalue weighted by molar-refractivity contribution is 0.0746. The Labute approximate surface area is 197 Å². The van der Waals surface area contributed by atoms with Gasteiger partial charge in [-0.3, -0.25) is 9.52 Å². The highest BCUT2D eigenvalue weighted by molar-refractivity contribution is 7.92. The van der Waals surface area contributed by atoms with Crippen molar-refractivity contribution in [2.75, 3.05) is 42.9 Å². The monoisotopic (exact) mass is 486 g/mol. The molecule has 8 nitrogen and oxygen atoms in total. The highest BCUT2D eigenvalue weighted by atomic mass is 35.5. The molecule has 1 amide bonds. The zero-order valence-corrected chi connectivity index (χ0v) is 19.5. The van der Waals surface area contributed by atoms with Gasteiger partial charge in [-0.25, -0.2) is 13.4 Å². The van der Waals surface area contributed by atoms with Crippen LogP contribution in [0, 0.1) is 0 Å². The molecule has 0 spiro atoms. The summed E-state index contributed by atoms with van der Waals surface area (Å²) in [5.74, 6) is 1.28. The largest absolute Gasteiger partial charge is 0.497 e. The molecule has 10 heteroatoms. The molecule has 1 aliphatic rings. The van der Waals surface area contributed by atoms with Crippen LogP contribution in [0.25, 0.3) is 0 Å². The van der Waals surface area contributed by atoms with Crippen molar-refractivity contribution in [1.82, 2.24) is 9.88 Å². The van der Waals surface area contributed by atoms with Crippen LogP contribution in [-0.2, 0) is 10.0 Å². The SMILES string of the molecule is COc1ccc(NS(=O)(=O)c2ccc(C(=O)N3CCN(c4cccc(Cl)n4)CC3)cc2)cc1. The first kappa shape index (κ1) is 22.9. The van der Waals surface area contributed by atoms with Gasteiger partial charge in [0.25, 0.3) is 15.9 Å². The Balaban J connectivity index is 1.38. The molecular formula is C23H23ClN4O4S. The van der Waals surface area contributed by atoms with E-state index in [9.17, 15) is 13.2 Å². The van der Waals surface area contributed by atoms with Crippen molar-refractivity contribution >= 4 is 39.0 Å². The Hall–Kier alpha value is -3.30. The predicted molar refractivity (Wildman–Crippen MR) is 128 cm³/mol. The van der Waals surface area contributed by atoms with Gasteiger partial charge in [0.2, 0.25) is 0 Å². The van der Waals surface area contributed by atoms with Crippen LogP contribution < -0.4 is 14.4 Å². The molecule has 33 heavy (non-hydrogen) atoms. The number of nitrogens with zero attached hydrogens (tertiary/aromatic N) is 3. The molecule has 0 unspecified atom stereocenters. The average molecular weight is 487 g/mol. The molecule has 1 aliphatic heterocycles. The van der Waals surface area contributed by atoms with Crippen LogP contribution in [0.3, 0.4) is 0 Å². The van der Waals surface area contributed by atoms with Crippen LogP contribution in [0.15, 0.2) is 71.6 Å². The maximum Gasteiger partial charge on any atom is 0.261 e. The van der Waals surface area contributed by atoms with E-state index in [1.165, 1.54) is 24.3 Å². The summed E-state index contributed by atoms with van der Waals surface area (Å²) in [6.45, 7) is 2.34. The molecule has 1 saturated heterocycles. The van der Waals surface area contributed by atoms with Gasteiger partial charge in [-0.05, 0) is 60.7 Å². The molecule has 0 atom stereocenters. The number of nitrogens with one attached hydrogen (secondary N) is 1. The van der Waals surface area contributed by atoms with Crippen molar-refractivity contribution in [3.8, 4) is 5.75 Å². The van der Waals surface area contributed by atoms with E-state index in [0.29, 0.717) is 48.3 Å². The van der Waals surface area contributed by atoms with E-state index < -0.39 is 10.0 Å². The molecule has 1 aromatic heterocycles. The number of ether oxygens (including phenoxy) is 1. The highest BCUT2D eigenvalue weighted by Crippen LogP contribution is 2.21. The van der Waals surface area contributed by atoms with Gasteiger partial charge in [0.1, 0.15) is 16.7 Å². The van der Waals surface area contributed by atoms with E-state index in [1.807, 2.05) is 12.1 Å². The van der Waals surface area contributed by atoms with Gasteiger partial charge in [0.05, 0.1) is 12.0 Å². The number of hydrogen-bond acceptors (Lipinski definition) is 6. The molecule has 2 aromatic carbocycles. The normalized spacial score (nSPS) is 14.1. The highest BCUT2D eigenvalue weighted by Gasteiger charge is 2.23. The molecule has 0 aliphatic carbocycles. The number of benzene rings is 2. The number of halogens is 1. The minimum absolute atomic E-state index is 0.0757. The van der Waals surface area contributed by atoms with Gasteiger partial charge in [-0.1, -0.05) is 17.7 Å². The molecule has 0 saturated carbocycles. The summed E-state index contributed by atoms with van der Waals surface area (Å²) in [7, 11) is -2.24. The first-order valence-corrected chi connectivity index (χ1v) is 12.2. The molecule has 4 rings (SSSR count). The van der Waals surface area contributed by atoms with E-state index in [0.717, 1.165) is 5.82 Å². The first-order valence-electron chi connectivity index (χ1n) is 10.3. The smallest absolute Gasteiger partial charge is 0.261 e. The van der Waals surface area contributed by atoms with Crippen LogP contribution in [-0.4, -0.2) is 57.5 Å². The number of anilines is 2. The van der Waals surface area contributed by atoms with Crippen molar-refractivity contribution < 1.29 is 17.9 Å². The van der Waals surface area contributed by atoms with Crippen molar-refractivity contribution in [2.24, 2.45) is 0 Å². The summed E-state index contributed by atoms with van der Waals surface area (Å²) in [6, 6.07) is 18.0. The number of piperazine rings is 1. The minimum atomic E-state index is -3.78. The van der Waals surface area contributed by atoms with Gasteiger partial charge in [0, 0.05) is 37.4 Å². The molecule has 1 fully saturated rings. The number of rotatable bonds is 6. The lowest BCUT2D eigenvalue weighted by Gasteiger charge is -2.35. The Morgan fingerprint density at radius 1 is 0.970 bits per heavy atom. The summed E-state index contributed by atoms with van der Waals surface area (Å²) in [5.41, 5.74) is 0.857. The van der Waals surface area contributed by atoms with Crippen LogP contribution in [0.5, 0.6) is 5.75 Å². The van der Waals surface area contributed by atoms with Gasteiger partial charge in [-0.15, -0.1) is 0 Å². The van der Waals surface area contributed by atoms with Gasteiger partial charge < -0.3 is 14.5 Å². The lowest BCUT2D eigenvalue weighted by Crippen LogP contribution is -2.49. The molecule has 172 valence electrons. The summed E-state index contributed by atoms with van der Waals surface area (Å²) in [6.07, 6.45) is 0. The molecule has 0 radical (unpaired) electrons. The standard InChI is InChI=1S/C23H23ClN4O4S/c1-32-19-9-7-18(8-10-19)26-33(30,31)20-11-5-17(6-12-20)23(29)28-15-13-27(14-16-28)22-4-2-3-21(24)25-22/h2-12,26H,13-16H2,1H3. The number of methoxy groups -OCH3 is 1. The number of sulfonamides is 1. The molecule has 2 heterocycles. The van der Waals surface area contributed by atoms with E-state index in [4.69, 9.17) is 16.3 Å². The van der Waals surface area contributed by atoms with E-state index in [1.54, 1.807) is 42.3 Å². The summed E-state index contributed by atoms with van der Waals surface area (Å²) in [5, 5.41) is 0.433. The molecule has 1 N–H and O–H groups in total. The third-order valence-electron chi connectivity index (χ3n) is 5.35. The van der Waals surface area contributed by atoms with Gasteiger partial charge in [0.15, 0.2) is 0 Å². The second-order valence-electron chi connectivity index (χ2n) is 7.46. The van der Waals surface area contributed by atoms with E-state index in [2.05, 4.69) is 14.6 Å². The second kappa shape index (κ2) is 9.68. The van der Waals surface area contributed by atoms with Crippen molar-refractivity contribution in [1.29, 1.82) is 0 Å². The van der Waals surface area contributed by atoms with Gasteiger partial charge >= 0.3 is 0 Å². The van der Waals surface area contributed by atoms with Crippen LogP contribution in [0.2, 0.25) is 5.15 Å². The average Bonchev–Trinajstić information content (AvgIpc) is 2.84. The van der Waals surface area contributed by atoms with Crippen LogP contribution in [0.1, 0.15) is 10.4 Å². The van der Waals surface area contributed by atoms with Crippen LogP contribution in [0.4, 0.5) is 11.5 Å². The molecule has 3 aromatic rings. The fourth-order valence-corrected chi connectivity index (χ4v) is 4.76. The fraction of sp³-hybridized carbons (Fsp3) is 0.217. The number of pyridine rings is 1. The number of aromatic nitrogens is 1. The predicted octanol–water partition coefficient (Wildman–Crippen LogP) is 3.51. The quantitative estimate of drug-likeness (QED) is 0.536. The topological polar surface area (TPSA) is 91.8 Å². The van der Waals surface area contributed by atoms with E-state index in [-0.39, 0.29) is 10.8 Å². The second-order valence-corrected chi connectivity index (χ2v) is 9.53. The first-order chi connectivity index (χ1) is 15.9. The minimum Gasteiger partial charge on any atom is -0.497 e. The summed E-state index contributed by atoms with van der Waals surface area (Å²) >= 11 is 5.97.